The van der Waals surface area contributed by atoms with Crippen LogP contribution < -0.4 is 10.0 Å². The predicted octanol–water partition coefficient (Wildman–Crippen LogP) is 2.71. The fraction of sp³-hybridized carbons (Fsp3) is 0.714. The van der Waals surface area contributed by atoms with Crippen molar-refractivity contribution in [3.8, 4) is 0 Å². The number of hydrogen-bond acceptors (Lipinski definition) is 4. The Kier molecular flexibility index (Phi) is 4.89. The molecule has 1 heterocycles. The van der Waals surface area contributed by atoms with E-state index < -0.39 is 10.0 Å². The quantitative estimate of drug-likeness (QED) is 0.878. The molecule has 20 heavy (non-hydrogen) atoms. The molecule has 1 aromatic heterocycles. The van der Waals surface area contributed by atoms with Gasteiger partial charge in [0.2, 0.25) is 10.0 Å². The highest BCUT2D eigenvalue weighted by atomic mass is 32.2. The molecule has 6 heteroatoms. The fourth-order valence-electron chi connectivity index (χ4n) is 2.57. The summed E-state index contributed by atoms with van der Waals surface area (Å²) in [6.45, 7) is 5.21. The molecule has 2 N–H and O–H groups in total. The molecular weight excluding hydrogens is 292 g/mol. The first-order valence-electron chi connectivity index (χ1n) is 7.07. The second kappa shape index (κ2) is 6.13. The van der Waals surface area contributed by atoms with Crippen LogP contribution in [0.25, 0.3) is 0 Å². The van der Waals surface area contributed by atoms with Crippen LogP contribution in [0.5, 0.6) is 0 Å². The van der Waals surface area contributed by atoms with Gasteiger partial charge in [-0.2, -0.15) is 0 Å². The second-order valence-electron chi connectivity index (χ2n) is 6.34. The molecule has 1 aliphatic rings. The molecule has 114 valence electrons. The largest absolute Gasteiger partial charge is 0.315 e. The third kappa shape index (κ3) is 4.04. The number of thiophene rings is 1. The van der Waals surface area contributed by atoms with Crippen LogP contribution in [0.1, 0.15) is 44.4 Å². The zero-order valence-electron chi connectivity index (χ0n) is 12.4. The second-order valence-corrected chi connectivity index (χ2v) is 9.05. The third-order valence-electron chi connectivity index (χ3n) is 3.95. The fourth-order valence-corrected chi connectivity index (χ4v) is 5.16. The highest BCUT2D eigenvalue weighted by molar-refractivity contribution is 7.89. The summed E-state index contributed by atoms with van der Waals surface area (Å²) < 4.78 is 27.6. The standard InChI is InChI=1S/C14H24N2O2S2/c1-14(2)6-4-11(5-7-14)16-20(17,18)13-8-12(9-15-3)19-10-13/h8,10-11,15-16H,4-7,9H2,1-3H3. The maximum absolute atomic E-state index is 12.4. The van der Waals surface area contributed by atoms with E-state index in [9.17, 15) is 8.42 Å². The smallest absolute Gasteiger partial charge is 0.241 e. The van der Waals surface area contributed by atoms with Crippen molar-refractivity contribution in [1.82, 2.24) is 10.0 Å². The first-order valence-corrected chi connectivity index (χ1v) is 9.43. The van der Waals surface area contributed by atoms with Gasteiger partial charge in [0.1, 0.15) is 0 Å². The van der Waals surface area contributed by atoms with Crippen LogP contribution in [0.4, 0.5) is 0 Å². The van der Waals surface area contributed by atoms with Gasteiger partial charge >= 0.3 is 0 Å². The molecule has 0 amide bonds. The Morgan fingerprint density at radius 1 is 1.35 bits per heavy atom. The van der Waals surface area contributed by atoms with Gasteiger partial charge in [-0.15, -0.1) is 11.3 Å². The molecule has 0 saturated heterocycles. The van der Waals surface area contributed by atoms with Gasteiger partial charge in [-0.25, -0.2) is 13.1 Å². The van der Waals surface area contributed by atoms with E-state index in [-0.39, 0.29) is 6.04 Å². The van der Waals surface area contributed by atoms with Gasteiger partial charge in [0.25, 0.3) is 0 Å². The topological polar surface area (TPSA) is 58.2 Å². The lowest BCUT2D eigenvalue weighted by Crippen LogP contribution is -2.39. The summed E-state index contributed by atoms with van der Waals surface area (Å²) in [4.78, 5) is 1.44. The summed E-state index contributed by atoms with van der Waals surface area (Å²) in [5, 5.41) is 4.76. The molecule has 1 aromatic rings. The molecular formula is C14H24N2O2S2. The van der Waals surface area contributed by atoms with Gasteiger partial charge in [-0.3, -0.25) is 0 Å². The van der Waals surface area contributed by atoms with E-state index in [0.29, 0.717) is 16.9 Å². The number of hydrogen-bond donors (Lipinski definition) is 2. The highest BCUT2D eigenvalue weighted by Gasteiger charge is 2.29. The van der Waals surface area contributed by atoms with E-state index in [1.807, 2.05) is 7.05 Å². The molecule has 0 aromatic carbocycles. The number of nitrogens with one attached hydrogen (secondary N) is 2. The van der Waals surface area contributed by atoms with Crippen molar-refractivity contribution in [2.24, 2.45) is 5.41 Å². The van der Waals surface area contributed by atoms with E-state index in [1.165, 1.54) is 11.3 Å². The van der Waals surface area contributed by atoms with Crippen molar-refractivity contribution >= 4 is 21.4 Å². The maximum atomic E-state index is 12.4. The molecule has 0 bridgehead atoms. The van der Waals surface area contributed by atoms with E-state index in [0.717, 1.165) is 30.6 Å². The summed E-state index contributed by atoms with van der Waals surface area (Å²) >= 11 is 1.48. The molecule has 4 nitrogen and oxygen atoms in total. The molecule has 0 spiro atoms. The lowest BCUT2D eigenvalue weighted by Gasteiger charge is -2.34. The summed E-state index contributed by atoms with van der Waals surface area (Å²) in [7, 11) is -1.50. The number of sulfonamides is 1. The van der Waals surface area contributed by atoms with Gasteiger partial charge in [0.05, 0.1) is 4.90 Å². The van der Waals surface area contributed by atoms with Crippen molar-refractivity contribution in [3.05, 3.63) is 16.3 Å². The predicted molar refractivity (Wildman–Crippen MR) is 83.4 cm³/mol. The minimum absolute atomic E-state index is 0.0840. The average molecular weight is 316 g/mol. The lowest BCUT2D eigenvalue weighted by atomic mass is 9.76. The van der Waals surface area contributed by atoms with Crippen LogP contribution in [-0.2, 0) is 16.6 Å². The van der Waals surface area contributed by atoms with Crippen molar-refractivity contribution in [2.45, 2.75) is 57.0 Å². The van der Waals surface area contributed by atoms with E-state index in [1.54, 1.807) is 11.4 Å². The monoisotopic (exact) mass is 316 g/mol. The van der Waals surface area contributed by atoms with Crippen molar-refractivity contribution in [2.75, 3.05) is 7.05 Å². The Morgan fingerprint density at radius 3 is 2.60 bits per heavy atom. The minimum Gasteiger partial charge on any atom is -0.315 e. The summed E-state index contributed by atoms with van der Waals surface area (Å²) in [6, 6.07) is 1.84. The summed E-state index contributed by atoms with van der Waals surface area (Å²) in [5.41, 5.74) is 0.351. The van der Waals surface area contributed by atoms with Crippen LogP contribution in [0.3, 0.4) is 0 Å². The molecule has 1 aliphatic carbocycles. The Labute approximate surface area is 126 Å². The lowest BCUT2D eigenvalue weighted by molar-refractivity contribution is 0.218. The van der Waals surface area contributed by atoms with Crippen molar-refractivity contribution in [1.29, 1.82) is 0 Å². The highest BCUT2D eigenvalue weighted by Crippen LogP contribution is 2.35. The van der Waals surface area contributed by atoms with Crippen LogP contribution in [-0.4, -0.2) is 21.5 Å². The summed E-state index contributed by atoms with van der Waals surface area (Å²) in [5.74, 6) is 0. The number of rotatable bonds is 5. The van der Waals surface area contributed by atoms with Gasteiger partial charge in [-0.05, 0) is 44.2 Å². The van der Waals surface area contributed by atoms with Crippen LogP contribution >= 0.6 is 11.3 Å². The zero-order valence-corrected chi connectivity index (χ0v) is 14.0. The van der Waals surface area contributed by atoms with E-state index in [2.05, 4.69) is 23.9 Å². The summed E-state index contributed by atoms with van der Waals surface area (Å²) in [6.07, 6.45) is 4.02. The molecule has 0 aliphatic heterocycles. The first-order chi connectivity index (χ1) is 9.32. The van der Waals surface area contributed by atoms with E-state index >= 15 is 0 Å². The van der Waals surface area contributed by atoms with Crippen LogP contribution in [0, 0.1) is 5.41 Å². The maximum Gasteiger partial charge on any atom is 0.241 e. The minimum atomic E-state index is -3.36. The Hall–Kier alpha value is -0.430. The van der Waals surface area contributed by atoms with E-state index in [4.69, 9.17) is 0 Å². The van der Waals surface area contributed by atoms with Crippen LogP contribution in [0.15, 0.2) is 16.3 Å². The normalized spacial score (nSPS) is 20.1. The van der Waals surface area contributed by atoms with Gasteiger partial charge in [-0.1, -0.05) is 13.8 Å². The van der Waals surface area contributed by atoms with Crippen molar-refractivity contribution < 1.29 is 8.42 Å². The third-order valence-corrected chi connectivity index (χ3v) is 6.54. The van der Waals surface area contributed by atoms with Gasteiger partial charge in [0.15, 0.2) is 0 Å². The molecule has 1 saturated carbocycles. The Morgan fingerprint density at radius 2 is 2.00 bits per heavy atom. The zero-order chi connectivity index (χ0) is 14.8. The Bertz CT molecular complexity index is 539. The van der Waals surface area contributed by atoms with Gasteiger partial charge < -0.3 is 5.32 Å². The average Bonchev–Trinajstić information content (AvgIpc) is 2.82. The van der Waals surface area contributed by atoms with Crippen LogP contribution in [0.2, 0.25) is 0 Å². The molecule has 0 atom stereocenters. The molecule has 0 unspecified atom stereocenters. The molecule has 0 radical (unpaired) electrons. The first kappa shape index (κ1) is 15.9. The molecule has 1 fully saturated rings. The molecule has 2 rings (SSSR count). The van der Waals surface area contributed by atoms with Gasteiger partial charge in [0, 0.05) is 22.8 Å². The Balaban J connectivity index is 2.00. The van der Waals surface area contributed by atoms with Crippen molar-refractivity contribution in [3.63, 3.8) is 0 Å². The SMILES string of the molecule is CNCc1cc(S(=O)(=O)NC2CCC(C)(C)CC2)cs1.